The number of sulfonamides is 1. The highest BCUT2D eigenvalue weighted by Gasteiger charge is 2.20. The van der Waals surface area contributed by atoms with Gasteiger partial charge in [-0.2, -0.15) is 0 Å². The van der Waals surface area contributed by atoms with Gasteiger partial charge in [-0.25, -0.2) is 13.6 Å². The molecule has 0 fully saturated rings. The Morgan fingerprint density at radius 3 is 2.32 bits per heavy atom. The Balaban J connectivity index is 2.54. The number of nitrogens with zero attached hydrogens (tertiary/aromatic N) is 1. The fraction of sp³-hybridized carbons (Fsp3) is 0.143. The molecule has 2 rings (SSSR count). The van der Waals surface area contributed by atoms with Crippen LogP contribution in [0.15, 0.2) is 41.3 Å². The van der Waals surface area contributed by atoms with E-state index in [9.17, 15) is 18.5 Å². The number of nitro benzene ring substituents is 1. The van der Waals surface area contributed by atoms with Crippen molar-refractivity contribution in [1.29, 1.82) is 0 Å². The highest BCUT2D eigenvalue weighted by Crippen LogP contribution is 2.34. The third kappa shape index (κ3) is 3.41. The number of nitrogens with two attached hydrogens (primary N) is 1. The highest BCUT2D eigenvalue weighted by atomic mass is 32.2. The molecule has 0 amide bonds. The first-order valence-electron chi connectivity index (χ1n) is 6.25. The van der Waals surface area contributed by atoms with Gasteiger partial charge in [-0.3, -0.25) is 10.1 Å². The summed E-state index contributed by atoms with van der Waals surface area (Å²) in [5, 5.41) is 16.1. The van der Waals surface area contributed by atoms with Crippen LogP contribution in [0.25, 0.3) is 0 Å². The lowest BCUT2D eigenvalue weighted by Gasteiger charge is -2.10. The predicted molar refractivity (Wildman–Crippen MR) is 80.5 cm³/mol. The van der Waals surface area contributed by atoms with Crippen LogP contribution in [-0.4, -0.2) is 13.3 Å². The lowest BCUT2D eigenvalue weighted by Crippen LogP contribution is -2.12. The van der Waals surface area contributed by atoms with E-state index in [2.05, 4.69) is 0 Å². The van der Waals surface area contributed by atoms with Crippen LogP contribution in [0.1, 0.15) is 11.1 Å². The van der Waals surface area contributed by atoms with E-state index in [0.717, 1.165) is 29.3 Å². The SMILES string of the molecule is Cc1ccc(Oc2cc(S(N)(=O)=O)ccc2[N+](=O)[O-])c(C)c1. The van der Waals surface area contributed by atoms with E-state index in [1.54, 1.807) is 19.1 Å². The second kappa shape index (κ2) is 5.74. The maximum atomic E-state index is 11.4. The molecule has 22 heavy (non-hydrogen) atoms. The molecule has 0 aliphatic heterocycles. The molecule has 0 radical (unpaired) electrons. The van der Waals surface area contributed by atoms with Crippen LogP contribution in [0.4, 0.5) is 5.69 Å². The highest BCUT2D eigenvalue weighted by molar-refractivity contribution is 7.89. The van der Waals surface area contributed by atoms with E-state index < -0.39 is 14.9 Å². The zero-order chi connectivity index (χ0) is 16.5. The van der Waals surface area contributed by atoms with Gasteiger partial charge in [-0.1, -0.05) is 17.7 Å². The number of hydrogen-bond acceptors (Lipinski definition) is 5. The summed E-state index contributed by atoms with van der Waals surface area (Å²) in [5.74, 6) is 0.226. The molecule has 116 valence electrons. The summed E-state index contributed by atoms with van der Waals surface area (Å²) in [6, 6.07) is 8.48. The fourth-order valence-electron chi connectivity index (χ4n) is 1.94. The van der Waals surface area contributed by atoms with E-state index in [1.165, 1.54) is 0 Å². The molecule has 0 atom stereocenters. The van der Waals surface area contributed by atoms with E-state index in [4.69, 9.17) is 9.88 Å². The molecule has 8 heteroatoms. The van der Waals surface area contributed by atoms with Gasteiger partial charge in [0.05, 0.1) is 9.82 Å². The first-order valence-corrected chi connectivity index (χ1v) is 7.79. The van der Waals surface area contributed by atoms with Gasteiger partial charge < -0.3 is 4.74 Å². The van der Waals surface area contributed by atoms with Crippen LogP contribution < -0.4 is 9.88 Å². The average Bonchev–Trinajstić information content (AvgIpc) is 2.40. The third-order valence-corrected chi connectivity index (χ3v) is 3.92. The van der Waals surface area contributed by atoms with Gasteiger partial charge >= 0.3 is 5.69 Å². The van der Waals surface area contributed by atoms with Crippen molar-refractivity contribution in [3.8, 4) is 11.5 Å². The normalized spacial score (nSPS) is 11.2. The number of hydrogen-bond donors (Lipinski definition) is 1. The summed E-state index contributed by atoms with van der Waals surface area (Å²) in [4.78, 5) is 10.2. The second-order valence-electron chi connectivity index (χ2n) is 4.80. The number of rotatable bonds is 4. The molecule has 0 saturated heterocycles. The van der Waals surface area contributed by atoms with E-state index in [-0.39, 0.29) is 16.3 Å². The van der Waals surface area contributed by atoms with Crippen LogP contribution >= 0.6 is 0 Å². The van der Waals surface area contributed by atoms with Crippen molar-refractivity contribution in [2.24, 2.45) is 5.14 Å². The second-order valence-corrected chi connectivity index (χ2v) is 6.36. The van der Waals surface area contributed by atoms with Gasteiger partial charge in [-0.15, -0.1) is 0 Å². The van der Waals surface area contributed by atoms with Crippen molar-refractivity contribution in [1.82, 2.24) is 0 Å². The number of nitro groups is 1. The Bertz CT molecular complexity index is 846. The number of primary sulfonamides is 1. The molecule has 0 unspecified atom stereocenters. The van der Waals surface area contributed by atoms with E-state index in [1.807, 2.05) is 13.0 Å². The topological polar surface area (TPSA) is 113 Å². The van der Waals surface area contributed by atoms with E-state index >= 15 is 0 Å². The number of aryl methyl sites for hydroxylation is 2. The van der Waals surface area contributed by atoms with E-state index in [0.29, 0.717) is 5.75 Å². The number of ether oxygens (including phenoxy) is 1. The molecule has 0 heterocycles. The quantitative estimate of drug-likeness (QED) is 0.686. The summed E-state index contributed by atoms with van der Waals surface area (Å²) < 4.78 is 28.3. The van der Waals surface area contributed by atoms with Crippen LogP contribution in [0.3, 0.4) is 0 Å². The molecule has 2 aromatic carbocycles. The molecule has 0 saturated carbocycles. The minimum Gasteiger partial charge on any atom is -0.450 e. The Hall–Kier alpha value is -2.45. The Morgan fingerprint density at radius 2 is 1.77 bits per heavy atom. The van der Waals surface area contributed by atoms with Gasteiger partial charge in [0.25, 0.3) is 0 Å². The predicted octanol–water partition coefficient (Wildman–Crippen LogP) is 2.65. The minimum absolute atomic E-state index is 0.177. The molecule has 0 spiro atoms. The minimum atomic E-state index is -3.98. The summed E-state index contributed by atoms with van der Waals surface area (Å²) in [5.41, 5.74) is 1.44. The zero-order valence-electron chi connectivity index (χ0n) is 11.9. The van der Waals surface area contributed by atoms with Crippen LogP contribution in [0.2, 0.25) is 0 Å². The lowest BCUT2D eigenvalue weighted by molar-refractivity contribution is -0.385. The van der Waals surface area contributed by atoms with Crippen LogP contribution in [0.5, 0.6) is 11.5 Å². The molecule has 2 N–H and O–H groups in total. The molecule has 2 aromatic rings. The molecule has 0 aliphatic rings. The molecule has 0 aliphatic carbocycles. The Morgan fingerprint density at radius 1 is 1.09 bits per heavy atom. The van der Waals surface area contributed by atoms with Gasteiger partial charge in [-0.05, 0) is 31.5 Å². The van der Waals surface area contributed by atoms with Crippen molar-refractivity contribution in [3.63, 3.8) is 0 Å². The monoisotopic (exact) mass is 322 g/mol. The summed E-state index contributed by atoms with van der Waals surface area (Å²) >= 11 is 0. The van der Waals surface area contributed by atoms with Crippen molar-refractivity contribution in [2.75, 3.05) is 0 Å². The van der Waals surface area contributed by atoms with Gasteiger partial charge in [0.15, 0.2) is 0 Å². The molecular formula is C14H14N2O5S. The number of benzene rings is 2. The summed E-state index contributed by atoms with van der Waals surface area (Å²) in [7, 11) is -3.98. The smallest absolute Gasteiger partial charge is 0.311 e. The maximum absolute atomic E-state index is 11.4. The molecule has 7 nitrogen and oxygen atoms in total. The standard InChI is InChI=1S/C14H14N2O5S/c1-9-3-6-13(10(2)7-9)21-14-8-11(22(15,19)20)4-5-12(14)16(17)18/h3-8H,1-2H3,(H2,15,19,20). The van der Waals surface area contributed by atoms with Crippen molar-refractivity contribution >= 4 is 15.7 Å². The van der Waals surface area contributed by atoms with Crippen LogP contribution in [-0.2, 0) is 10.0 Å². The maximum Gasteiger partial charge on any atom is 0.311 e. The molecule has 0 bridgehead atoms. The van der Waals surface area contributed by atoms with Gasteiger partial charge in [0.2, 0.25) is 15.8 Å². The summed E-state index contributed by atoms with van der Waals surface area (Å²) in [6.45, 7) is 3.69. The first kappa shape index (κ1) is 15.9. The molecular weight excluding hydrogens is 308 g/mol. The zero-order valence-corrected chi connectivity index (χ0v) is 12.8. The fourth-order valence-corrected chi connectivity index (χ4v) is 2.47. The average molecular weight is 322 g/mol. The van der Waals surface area contributed by atoms with Crippen molar-refractivity contribution in [3.05, 3.63) is 57.6 Å². The Labute approximate surface area is 127 Å². The van der Waals surface area contributed by atoms with Gasteiger partial charge in [0, 0.05) is 12.1 Å². The van der Waals surface area contributed by atoms with Crippen molar-refractivity contribution < 1.29 is 18.1 Å². The van der Waals surface area contributed by atoms with Crippen LogP contribution in [0, 0.1) is 24.0 Å². The largest absolute Gasteiger partial charge is 0.450 e. The summed E-state index contributed by atoms with van der Waals surface area (Å²) in [6.07, 6.45) is 0. The molecule has 0 aromatic heterocycles. The Kier molecular flexibility index (Phi) is 4.16. The van der Waals surface area contributed by atoms with Gasteiger partial charge in [0.1, 0.15) is 5.75 Å². The van der Waals surface area contributed by atoms with Crippen molar-refractivity contribution in [2.45, 2.75) is 18.7 Å². The lowest BCUT2D eigenvalue weighted by atomic mass is 10.1. The first-order chi connectivity index (χ1) is 10.2. The third-order valence-electron chi connectivity index (χ3n) is 3.01.